The van der Waals surface area contributed by atoms with Crippen molar-refractivity contribution in [2.75, 3.05) is 45.3 Å². The van der Waals surface area contributed by atoms with Crippen LogP contribution in [0.5, 0.6) is 0 Å². The molecule has 3 aromatic carbocycles. The van der Waals surface area contributed by atoms with Crippen LogP contribution in [0, 0.1) is 0 Å². The van der Waals surface area contributed by atoms with Gasteiger partial charge in [0.1, 0.15) is 17.2 Å². The van der Waals surface area contributed by atoms with Crippen molar-refractivity contribution < 1.29 is 24.5 Å². The van der Waals surface area contributed by atoms with Crippen LogP contribution < -0.4 is 4.90 Å². The first-order valence-corrected chi connectivity index (χ1v) is 17.7. The predicted octanol–water partition coefficient (Wildman–Crippen LogP) is 8.61. The number of anilines is 1. The van der Waals surface area contributed by atoms with Crippen molar-refractivity contribution >= 4 is 39.6 Å². The van der Waals surface area contributed by atoms with E-state index in [2.05, 4.69) is 70.6 Å². The fourth-order valence-corrected chi connectivity index (χ4v) is 7.02. The van der Waals surface area contributed by atoms with E-state index < -0.39 is 11.9 Å². The number of aromatic amines is 2. The highest BCUT2D eigenvalue weighted by atomic mass is 16.5. The molecule has 10 nitrogen and oxygen atoms in total. The Morgan fingerprint density at radius 1 is 0.750 bits per heavy atom. The molecule has 52 heavy (non-hydrogen) atoms. The summed E-state index contributed by atoms with van der Waals surface area (Å²) in [5, 5.41) is 21.3. The number of carboxylic acid groups (broad SMARTS) is 2. The third-order valence-corrected chi connectivity index (χ3v) is 9.52. The molecule has 270 valence electrons. The monoisotopic (exact) mass is 701 g/mol. The molecule has 4 heterocycles. The summed E-state index contributed by atoms with van der Waals surface area (Å²) in [5.74, 6) is -0.393. The van der Waals surface area contributed by atoms with Gasteiger partial charge in [0, 0.05) is 53.3 Å². The van der Waals surface area contributed by atoms with Gasteiger partial charge in [-0.3, -0.25) is 0 Å². The van der Waals surface area contributed by atoms with Gasteiger partial charge in [0.15, 0.2) is 0 Å². The summed E-state index contributed by atoms with van der Waals surface area (Å²) in [6.45, 7) is 12.3. The van der Waals surface area contributed by atoms with Crippen LogP contribution in [0.3, 0.4) is 0 Å². The lowest BCUT2D eigenvalue weighted by Crippen LogP contribution is -2.36. The van der Waals surface area contributed by atoms with E-state index >= 15 is 0 Å². The number of pyridine rings is 1. The molecule has 0 unspecified atom stereocenters. The Morgan fingerprint density at radius 3 is 1.69 bits per heavy atom. The number of carbonyl (C=O) groups is 2. The minimum atomic E-state index is -0.965. The molecule has 0 spiro atoms. The number of H-pyrrole nitrogens is 2. The van der Waals surface area contributed by atoms with E-state index in [1.54, 1.807) is 6.20 Å². The Balaban J connectivity index is 0.000000179. The third-order valence-electron chi connectivity index (χ3n) is 9.52. The van der Waals surface area contributed by atoms with Gasteiger partial charge in [-0.25, -0.2) is 14.6 Å². The number of para-hydroxylation sites is 2. The summed E-state index contributed by atoms with van der Waals surface area (Å²) in [6.07, 6.45) is 1.77. The van der Waals surface area contributed by atoms with Gasteiger partial charge in [0.05, 0.1) is 24.2 Å². The van der Waals surface area contributed by atoms with E-state index in [4.69, 9.17) is 4.74 Å². The first-order valence-electron chi connectivity index (χ1n) is 17.7. The Kier molecular flexibility index (Phi) is 10.8. The van der Waals surface area contributed by atoms with Crippen LogP contribution in [0.15, 0.2) is 79.0 Å². The van der Waals surface area contributed by atoms with Gasteiger partial charge in [-0.05, 0) is 60.3 Å². The van der Waals surface area contributed by atoms with Gasteiger partial charge >= 0.3 is 11.9 Å². The van der Waals surface area contributed by atoms with E-state index in [-0.39, 0.29) is 11.4 Å². The van der Waals surface area contributed by atoms with Crippen molar-refractivity contribution in [2.24, 2.45) is 0 Å². The van der Waals surface area contributed by atoms with Crippen molar-refractivity contribution in [1.82, 2.24) is 19.9 Å². The number of aromatic nitrogens is 3. The van der Waals surface area contributed by atoms with Crippen LogP contribution >= 0.6 is 0 Å². The van der Waals surface area contributed by atoms with Crippen LogP contribution in [-0.2, 0) is 11.3 Å². The molecule has 0 radical (unpaired) electrons. The standard InChI is InChI=1S/C21H23N3O3.C21H24N2O2/c1-13(2)15-4-3-5-16-18(20(21(25)26)23-19(15)16)14-6-7-17(22-12-14)24-8-10-27-11-9-24;1-13(2)16-6-5-7-17-18(20(21(24)25)22-19(16)17)15-10-8-14(9-11-15)12-23(3)4/h3-7,12-13,23H,8-11H2,1-2H3,(H,25,26);5-11,13,22H,12H2,1-4H3,(H,24,25). The summed E-state index contributed by atoms with van der Waals surface area (Å²) in [5.41, 5.74) is 8.90. The molecule has 0 aliphatic carbocycles. The average Bonchev–Trinajstić information content (AvgIpc) is 3.72. The van der Waals surface area contributed by atoms with Gasteiger partial charge in [-0.1, -0.05) is 88.4 Å². The highest BCUT2D eigenvalue weighted by molar-refractivity contribution is 6.09. The summed E-state index contributed by atoms with van der Waals surface area (Å²) >= 11 is 0. The number of hydrogen-bond acceptors (Lipinski definition) is 6. The number of rotatable bonds is 9. The maximum Gasteiger partial charge on any atom is 0.352 e. The Morgan fingerprint density at radius 2 is 1.25 bits per heavy atom. The van der Waals surface area contributed by atoms with Gasteiger partial charge in [0.25, 0.3) is 0 Å². The first kappa shape index (κ1) is 36.3. The van der Waals surface area contributed by atoms with Crippen LogP contribution in [0.2, 0.25) is 0 Å². The molecule has 0 atom stereocenters. The molecule has 6 aromatic rings. The average molecular weight is 702 g/mol. The third kappa shape index (κ3) is 7.44. The smallest absolute Gasteiger partial charge is 0.352 e. The molecular weight excluding hydrogens is 654 g/mol. The van der Waals surface area contributed by atoms with Crippen molar-refractivity contribution in [3.05, 3.63) is 107 Å². The Hall–Kier alpha value is -5.45. The van der Waals surface area contributed by atoms with Crippen LogP contribution in [0.25, 0.3) is 44.1 Å². The van der Waals surface area contributed by atoms with Gasteiger partial charge in [-0.15, -0.1) is 0 Å². The molecule has 4 N–H and O–H groups in total. The number of carboxylic acids is 2. The fraction of sp³-hybridized carbons (Fsp3) is 0.310. The van der Waals surface area contributed by atoms with E-state index in [9.17, 15) is 19.8 Å². The van der Waals surface area contributed by atoms with Crippen LogP contribution in [0.4, 0.5) is 5.82 Å². The lowest BCUT2D eigenvalue weighted by molar-refractivity contribution is 0.0681. The Labute approximate surface area is 304 Å². The molecule has 1 aliphatic heterocycles. The number of nitrogens with zero attached hydrogens (tertiary/aromatic N) is 3. The molecule has 1 saturated heterocycles. The zero-order valence-corrected chi connectivity index (χ0v) is 30.7. The lowest BCUT2D eigenvalue weighted by Gasteiger charge is -2.27. The molecule has 7 rings (SSSR count). The van der Waals surface area contributed by atoms with E-state index in [1.165, 1.54) is 5.56 Å². The predicted molar refractivity (Wildman–Crippen MR) is 208 cm³/mol. The number of aromatic carboxylic acids is 2. The number of benzene rings is 3. The van der Waals surface area contributed by atoms with Crippen molar-refractivity contribution in [1.29, 1.82) is 0 Å². The first-order chi connectivity index (χ1) is 24.9. The molecule has 1 fully saturated rings. The van der Waals surface area contributed by atoms with Crippen LogP contribution in [-0.4, -0.2) is 82.4 Å². The summed E-state index contributed by atoms with van der Waals surface area (Å²) < 4.78 is 5.39. The van der Waals surface area contributed by atoms with E-state index in [0.29, 0.717) is 30.6 Å². The largest absolute Gasteiger partial charge is 0.477 e. The highest BCUT2D eigenvalue weighted by Crippen LogP contribution is 2.38. The summed E-state index contributed by atoms with van der Waals surface area (Å²) in [4.78, 5) is 38.9. The molecule has 0 bridgehead atoms. The second kappa shape index (κ2) is 15.4. The minimum Gasteiger partial charge on any atom is -0.477 e. The van der Waals surface area contributed by atoms with Crippen molar-refractivity contribution in [2.45, 2.75) is 46.1 Å². The van der Waals surface area contributed by atoms with E-state index in [0.717, 1.165) is 75.1 Å². The normalized spacial score (nSPS) is 13.3. The Bertz CT molecular complexity index is 2190. The lowest BCUT2D eigenvalue weighted by atomic mass is 9.96. The fourth-order valence-electron chi connectivity index (χ4n) is 7.02. The SMILES string of the molecule is CC(C)c1cccc2c(-c3ccc(CN(C)C)cc3)c(C(=O)O)[nH]c12.CC(C)c1cccc2c(-c3ccc(N4CCOCC4)nc3)c(C(=O)O)[nH]c12. The van der Waals surface area contributed by atoms with Crippen molar-refractivity contribution in [3.63, 3.8) is 0 Å². The maximum atomic E-state index is 11.9. The number of morpholine rings is 1. The molecule has 0 amide bonds. The summed E-state index contributed by atoms with van der Waals surface area (Å²) in [7, 11) is 4.06. The minimum absolute atomic E-state index is 0.207. The molecule has 1 aliphatic rings. The quantitative estimate of drug-likeness (QED) is 0.118. The zero-order valence-electron chi connectivity index (χ0n) is 30.7. The second-order valence-electron chi connectivity index (χ2n) is 14.1. The maximum absolute atomic E-state index is 11.9. The topological polar surface area (TPSA) is 135 Å². The number of nitrogens with one attached hydrogen (secondary N) is 2. The van der Waals surface area contributed by atoms with E-state index in [1.807, 2.05) is 68.7 Å². The number of hydrogen-bond donors (Lipinski definition) is 4. The van der Waals surface area contributed by atoms with Gasteiger partial charge in [-0.2, -0.15) is 0 Å². The second-order valence-corrected chi connectivity index (χ2v) is 14.1. The van der Waals surface area contributed by atoms with Crippen molar-refractivity contribution in [3.8, 4) is 22.3 Å². The number of fused-ring (bicyclic) bond motifs is 2. The number of ether oxygens (including phenoxy) is 1. The van der Waals surface area contributed by atoms with Gasteiger partial charge < -0.3 is 34.7 Å². The van der Waals surface area contributed by atoms with Crippen LogP contribution in [0.1, 0.15) is 77.2 Å². The highest BCUT2D eigenvalue weighted by Gasteiger charge is 2.23. The molecular formula is C42H47N5O5. The van der Waals surface area contributed by atoms with Gasteiger partial charge in [0.2, 0.25) is 0 Å². The zero-order chi connectivity index (χ0) is 37.1. The summed E-state index contributed by atoms with van der Waals surface area (Å²) in [6, 6.07) is 24.1. The molecule has 3 aromatic heterocycles. The molecule has 10 heteroatoms. The molecule has 0 saturated carbocycles.